The summed E-state index contributed by atoms with van der Waals surface area (Å²) in [6.45, 7) is -0.0228. The van der Waals surface area contributed by atoms with E-state index in [1.165, 1.54) is 10.7 Å². The number of hydrogen-bond donors (Lipinski definition) is 0. The highest BCUT2D eigenvalue weighted by molar-refractivity contribution is 8.13. The lowest BCUT2D eigenvalue weighted by Gasteiger charge is -2.02. The van der Waals surface area contributed by atoms with Crippen molar-refractivity contribution in [3.8, 4) is 0 Å². The molecule has 2 aromatic rings. The van der Waals surface area contributed by atoms with E-state index in [4.69, 9.17) is 10.7 Å². The van der Waals surface area contributed by atoms with Crippen LogP contribution in [-0.4, -0.2) is 23.1 Å². The Hall–Kier alpha value is -2.00. The molecule has 0 N–H and O–H groups in total. The Bertz CT molecular complexity index is 775. The van der Waals surface area contributed by atoms with Gasteiger partial charge in [0.25, 0.3) is 14.7 Å². The van der Waals surface area contributed by atoms with E-state index in [0.717, 1.165) is 24.5 Å². The molecule has 0 unspecified atom stereocenters. The van der Waals surface area contributed by atoms with E-state index >= 15 is 0 Å². The second-order valence-electron chi connectivity index (χ2n) is 3.89. The van der Waals surface area contributed by atoms with Crippen LogP contribution < -0.4 is 0 Å². The SMILES string of the molecule is O=[N+]([O-])c1cc(F)cc(Cn2cc(S(=O)(=O)Cl)cn2)c1. The van der Waals surface area contributed by atoms with Crippen LogP contribution in [0.2, 0.25) is 0 Å². The van der Waals surface area contributed by atoms with Gasteiger partial charge in [-0.05, 0) is 11.6 Å². The van der Waals surface area contributed by atoms with Gasteiger partial charge in [0.15, 0.2) is 0 Å². The minimum absolute atomic E-state index is 0.0228. The largest absolute Gasteiger partial charge is 0.272 e. The first-order valence-electron chi connectivity index (χ1n) is 5.17. The Morgan fingerprint density at radius 3 is 2.65 bits per heavy atom. The van der Waals surface area contributed by atoms with Gasteiger partial charge >= 0.3 is 0 Å². The molecule has 0 saturated carbocycles. The number of rotatable bonds is 4. The summed E-state index contributed by atoms with van der Waals surface area (Å²) < 4.78 is 36.5. The number of hydrogen-bond acceptors (Lipinski definition) is 5. The van der Waals surface area contributed by atoms with E-state index in [1.807, 2.05) is 0 Å². The molecule has 0 radical (unpaired) electrons. The number of nitro groups is 1. The van der Waals surface area contributed by atoms with Crippen LogP contribution >= 0.6 is 10.7 Å². The molecule has 106 valence electrons. The maximum atomic E-state index is 13.2. The van der Waals surface area contributed by atoms with Crippen molar-refractivity contribution in [2.45, 2.75) is 11.4 Å². The normalized spacial score (nSPS) is 11.5. The van der Waals surface area contributed by atoms with Crippen LogP contribution in [-0.2, 0) is 15.6 Å². The minimum Gasteiger partial charge on any atom is -0.267 e. The van der Waals surface area contributed by atoms with E-state index in [0.29, 0.717) is 0 Å². The molecule has 0 amide bonds. The van der Waals surface area contributed by atoms with E-state index < -0.39 is 25.5 Å². The molecule has 0 saturated heterocycles. The molecule has 0 bridgehead atoms. The Morgan fingerprint density at radius 1 is 1.40 bits per heavy atom. The Balaban J connectivity index is 2.30. The van der Waals surface area contributed by atoms with Crippen LogP contribution in [0.1, 0.15) is 5.56 Å². The van der Waals surface area contributed by atoms with Crippen molar-refractivity contribution < 1.29 is 17.7 Å². The monoisotopic (exact) mass is 319 g/mol. The van der Waals surface area contributed by atoms with Gasteiger partial charge in [0.1, 0.15) is 10.7 Å². The van der Waals surface area contributed by atoms with Gasteiger partial charge in [0.2, 0.25) is 0 Å². The lowest BCUT2D eigenvalue weighted by molar-refractivity contribution is -0.385. The van der Waals surface area contributed by atoms with Gasteiger partial charge in [-0.2, -0.15) is 5.10 Å². The van der Waals surface area contributed by atoms with E-state index in [-0.39, 0.29) is 17.0 Å². The van der Waals surface area contributed by atoms with Gasteiger partial charge in [-0.3, -0.25) is 14.8 Å². The molecular weight excluding hydrogens is 313 g/mol. The average molecular weight is 320 g/mol. The average Bonchev–Trinajstić information content (AvgIpc) is 2.76. The molecule has 2 rings (SSSR count). The van der Waals surface area contributed by atoms with E-state index in [2.05, 4.69) is 5.10 Å². The summed E-state index contributed by atoms with van der Waals surface area (Å²) in [5.41, 5.74) is -0.115. The molecule has 0 spiro atoms. The number of benzene rings is 1. The molecule has 1 heterocycles. The Labute approximate surface area is 117 Å². The summed E-state index contributed by atoms with van der Waals surface area (Å²) in [4.78, 5) is 9.69. The molecule has 1 aromatic carbocycles. The van der Waals surface area contributed by atoms with Gasteiger partial charge in [-0.25, -0.2) is 12.8 Å². The topological polar surface area (TPSA) is 95.1 Å². The van der Waals surface area contributed by atoms with Gasteiger partial charge in [-0.15, -0.1) is 0 Å². The Morgan fingerprint density at radius 2 is 2.10 bits per heavy atom. The zero-order chi connectivity index (χ0) is 14.9. The molecule has 0 aliphatic carbocycles. The first-order chi connectivity index (χ1) is 9.25. The third-order valence-electron chi connectivity index (χ3n) is 2.39. The van der Waals surface area contributed by atoms with Crippen molar-refractivity contribution in [3.05, 3.63) is 52.1 Å². The molecule has 20 heavy (non-hydrogen) atoms. The summed E-state index contributed by atoms with van der Waals surface area (Å²) >= 11 is 0. The van der Waals surface area contributed by atoms with Crippen LogP contribution in [0.25, 0.3) is 0 Å². The summed E-state index contributed by atoms with van der Waals surface area (Å²) in [6.07, 6.45) is 2.19. The molecule has 0 aliphatic heterocycles. The number of nitro benzene ring substituents is 1. The molecular formula is C10H7ClFN3O4S. The highest BCUT2D eigenvalue weighted by Crippen LogP contribution is 2.18. The van der Waals surface area contributed by atoms with Crippen LogP contribution in [0.5, 0.6) is 0 Å². The van der Waals surface area contributed by atoms with Crippen molar-refractivity contribution in [2.24, 2.45) is 0 Å². The standard InChI is InChI=1S/C10H7ClFN3O4S/c11-20(18,19)10-4-13-14(6-10)5-7-1-8(12)3-9(2-7)15(16)17/h1-4,6H,5H2. The highest BCUT2D eigenvalue weighted by atomic mass is 35.7. The third kappa shape index (κ3) is 3.31. The maximum absolute atomic E-state index is 13.2. The Kier molecular flexibility index (Phi) is 3.73. The lowest BCUT2D eigenvalue weighted by Crippen LogP contribution is -2.01. The fourth-order valence-electron chi connectivity index (χ4n) is 1.57. The van der Waals surface area contributed by atoms with Crippen LogP contribution in [0, 0.1) is 15.9 Å². The van der Waals surface area contributed by atoms with Gasteiger partial charge in [0, 0.05) is 22.9 Å². The first-order valence-corrected chi connectivity index (χ1v) is 7.47. The predicted octanol–water partition coefficient (Wildman–Crippen LogP) is 1.91. The number of aromatic nitrogens is 2. The summed E-state index contributed by atoms with van der Waals surface area (Å²) in [5.74, 6) is -0.758. The lowest BCUT2D eigenvalue weighted by atomic mass is 10.2. The molecule has 0 atom stereocenters. The zero-order valence-electron chi connectivity index (χ0n) is 9.73. The zero-order valence-corrected chi connectivity index (χ0v) is 11.3. The summed E-state index contributed by atoms with van der Waals surface area (Å²) in [6, 6.07) is 3.07. The van der Waals surface area contributed by atoms with E-state index in [1.54, 1.807) is 0 Å². The molecule has 0 fully saturated rings. The smallest absolute Gasteiger partial charge is 0.267 e. The predicted molar refractivity (Wildman–Crippen MR) is 67.4 cm³/mol. The van der Waals surface area contributed by atoms with Crippen molar-refractivity contribution in [1.82, 2.24) is 9.78 Å². The number of halogens is 2. The first kappa shape index (κ1) is 14.4. The number of non-ortho nitro benzene ring substituents is 1. The summed E-state index contributed by atoms with van der Waals surface area (Å²) in [7, 11) is 1.24. The van der Waals surface area contributed by atoms with Crippen LogP contribution in [0.15, 0.2) is 35.5 Å². The third-order valence-corrected chi connectivity index (χ3v) is 3.70. The van der Waals surface area contributed by atoms with E-state index in [9.17, 15) is 22.9 Å². The highest BCUT2D eigenvalue weighted by Gasteiger charge is 2.14. The minimum atomic E-state index is -3.90. The van der Waals surface area contributed by atoms with Gasteiger partial charge < -0.3 is 0 Å². The van der Waals surface area contributed by atoms with Gasteiger partial charge in [0.05, 0.1) is 23.7 Å². The molecule has 10 heteroatoms. The van der Waals surface area contributed by atoms with Crippen molar-refractivity contribution in [2.75, 3.05) is 0 Å². The quantitative estimate of drug-likeness (QED) is 0.487. The fraction of sp³-hybridized carbons (Fsp3) is 0.100. The van der Waals surface area contributed by atoms with Gasteiger partial charge in [-0.1, -0.05) is 0 Å². The van der Waals surface area contributed by atoms with Crippen LogP contribution in [0.4, 0.5) is 10.1 Å². The van der Waals surface area contributed by atoms with Crippen molar-refractivity contribution in [1.29, 1.82) is 0 Å². The summed E-state index contributed by atoms with van der Waals surface area (Å²) in [5, 5.41) is 14.4. The molecule has 1 aromatic heterocycles. The number of nitrogens with zero attached hydrogens (tertiary/aromatic N) is 3. The molecule has 7 nitrogen and oxygen atoms in total. The molecule has 0 aliphatic rings. The van der Waals surface area contributed by atoms with Crippen LogP contribution in [0.3, 0.4) is 0 Å². The van der Waals surface area contributed by atoms with Crippen molar-refractivity contribution >= 4 is 25.4 Å². The second kappa shape index (κ2) is 5.17. The fourth-order valence-corrected chi connectivity index (χ4v) is 2.23. The van der Waals surface area contributed by atoms with Crippen molar-refractivity contribution in [3.63, 3.8) is 0 Å². The second-order valence-corrected chi connectivity index (χ2v) is 6.45. The maximum Gasteiger partial charge on any atom is 0.272 e.